The van der Waals surface area contributed by atoms with Crippen molar-refractivity contribution in [3.63, 3.8) is 0 Å². The molecule has 0 radical (unpaired) electrons. The topological polar surface area (TPSA) is 17.8 Å². The summed E-state index contributed by atoms with van der Waals surface area (Å²) in [4.78, 5) is 4.79. The van der Waals surface area contributed by atoms with Crippen LogP contribution in [-0.4, -0.2) is 9.55 Å². The Morgan fingerprint density at radius 3 is 2.22 bits per heavy atom. The summed E-state index contributed by atoms with van der Waals surface area (Å²) in [5, 5.41) is 1.89. The maximum Gasteiger partial charge on any atom is 0.146 e. The van der Waals surface area contributed by atoms with Gasteiger partial charge in [-0.2, -0.15) is 0 Å². The van der Waals surface area contributed by atoms with E-state index in [-0.39, 0.29) is 0 Å². The summed E-state index contributed by atoms with van der Waals surface area (Å²) in [6, 6.07) is 13.2. The Kier molecular flexibility index (Phi) is 4.67. The first kappa shape index (κ1) is 16.4. The predicted molar refractivity (Wildman–Crippen MR) is 98.1 cm³/mol. The molecular weight excluding hydrogens is 351 g/mol. The van der Waals surface area contributed by atoms with Gasteiger partial charge in [-0.05, 0) is 55.8 Å². The fourth-order valence-corrected chi connectivity index (χ4v) is 3.26. The number of halogens is 3. The molecule has 0 spiro atoms. The van der Waals surface area contributed by atoms with Gasteiger partial charge in [-0.15, -0.1) is 0 Å². The molecule has 0 aliphatic rings. The Morgan fingerprint density at radius 2 is 1.61 bits per heavy atom. The van der Waals surface area contributed by atoms with Crippen LogP contribution in [0.5, 0.6) is 0 Å². The van der Waals surface area contributed by atoms with Gasteiger partial charge in [0.1, 0.15) is 5.82 Å². The Balaban J connectivity index is 2.26. The largest absolute Gasteiger partial charge is 0.297 e. The van der Waals surface area contributed by atoms with E-state index in [1.807, 2.05) is 36.4 Å². The van der Waals surface area contributed by atoms with Gasteiger partial charge in [-0.25, -0.2) is 4.98 Å². The summed E-state index contributed by atoms with van der Waals surface area (Å²) < 4.78 is 2.10. The van der Waals surface area contributed by atoms with Crippen molar-refractivity contribution >= 4 is 34.8 Å². The molecule has 3 aromatic rings. The summed E-state index contributed by atoms with van der Waals surface area (Å²) in [6.45, 7) is 4.16. The van der Waals surface area contributed by atoms with Gasteiger partial charge in [-0.3, -0.25) is 4.57 Å². The summed E-state index contributed by atoms with van der Waals surface area (Å²) >= 11 is 18.4. The molecule has 0 aliphatic heterocycles. The second kappa shape index (κ2) is 6.56. The Labute approximate surface area is 150 Å². The highest BCUT2D eigenvalue weighted by atomic mass is 35.5. The molecule has 2 nitrogen and oxygen atoms in total. The average Bonchev–Trinajstić information content (AvgIpc) is 2.85. The fourth-order valence-electron chi connectivity index (χ4n) is 2.64. The number of benzene rings is 2. The minimum absolute atomic E-state index is 0.584. The van der Waals surface area contributed by atoms with Crippen molar-refractivity contribution in [2.45, 2.75) is 20.3 Å². The van der Waals surface area contributed by atoms with Crippen LogP contribution in [0.1, 0.15) is 18.3 Å². The second-order valence-corrected chi connectivity index (χ2v) is 6.54. The van der Waals surface area contributed by atoms with E-state index >= 15 is 0 Å². The Bertz CT molecular complexity index is 851. The molecule has 0 aliphatic carbocycles. The number of hydrogen-bond acceptors (Lipinski definition) is 1. The van der Waals surface area contributed by atoms with Crippen LogP contribution in [0.25, 0.3) is 17.1 Å². The number of imidazole rings is 1. The molecule has 3 rings (SSSR count). The van der Waals surface area contributed by atoms with Gasteiger partial charge >= 0.3 is 0 Å². The first-order valence-electron chi connectivity index (χ1n) is 7.31. The average molecular weight is 366 g/mol. The molecule has 0 saturated carbocycles. The van der Waals surface area contributed by atoms with Crippen LogP contribution >= 0.6 is 34.8 Å². The molecular formula is C18H15Cl3N2. The minimum Gasteiger partial charge on any atom is -0.297 e. The third-order valence-corrected chi connectivity index (χ3v) is 4.60. The van der Waals surface area contributed by atoms with Crippen LogP contribution in [0.3, 0.4) is 0 Å². The van der Waals surface area contributed by atoms with Crippen LogP contribution < -0.4 is 0 Å². The smallest absolute Gasteiger partial charge is 0.146 e. The third kappa shape index (κ3) is 3.12. The molecule has 1 heterocycles. The molecule has 1 aromatic heterocycles. The van der Waals surface area contributed by atoms with E-state index in [1.54, 1.807) is 6.07 Å². The summed E-state index contributed by atoms with van der Waals surface area (Å²) in [6.07, 6.45) is 0.852. The van der Waals surface area contributed by atoms with Gasteiger partial charge in [0.25, 0.3) is 0 Å². The predicted octanol–water partition coefficient (Wildman–Crippen LogP) is 6.37. The van der Waals surface area contributed by atoms with Crippen molar-refractivity contribution in [3.05, 3.63) is 68.9 Å². The van der Waals surface area contributed by atoms with Crippen molar-refractivity contribution in [2.24, 2.45) is 0 Å². The van der Waals surface area contributed by atoms with Crippen molar-refractivity contribution in [2.75, 3.05) is 0 Å². The van der Waals surface area contributed by atoms with E-state index < -0.39 is 0 Å². The van der Waals surface area contributed by atoms with Crippen LogP contribution in [-0.2, 0) is 6.42 Å². The lowest BCUT2D eigenvalue weighted by Gasteiger charge is -2.12. The number of nitrogens with zero attached hydrogens (tertiary/aromatic N) is 2. The molecule has 0 amide bonds. The van der Waals surface area contributed by atoms with Crippen LogP contribution in [0.15, 0.2) is 42.5 Å². The van der Waals surface area contributed by atoms with Crippen molar-refractivity contribution < 1.29 is 0 Å². The van der Waals surface area contributed by atoms with E-state index in [4.69, 9.17) is 39.8 Å². The van der Waals surface area contributed by atoms with Crippen LogP contribution in [0.4, 0.5) is 0 Å². The maximum atomic E-state index is 6.39. The first-order valence-corrected chi connectivity index (χ1v) is 8.44. The van der Waals surface area contributed by atoms with E-state index in [9.17, 15) is 0 Å². The van der Waals surface area contributed by atoms with Crippen LogP contribution in [0, 0.1) is 6.92 Å². The maximum absolute atomic E-state index is 6.39. The zero-order chi connectivity index (χ0) is 16.6. The summed E-state index contributed by atoms with van der Waals surface area (Å²) in [5.41, 5.74) is 3.99. The fraction of sp³-hybridized carbons (Fsp3) is 0.167. The normalized spacial score (nSPS) is 11.0. The van der Waals surface area contributed by atoms with E-state index in [0.717, 1.165) is 34.9 Å². The zero-order valence-electron chi connectivity index (χ0n) is 12.8. The minimum atomic E-state index is 0.584. The quantitative estimate of drug-likeness (QED) is 0.527. The van der Waals surface area contributed by atoms with Crippen molar-refractivity contribution in [1.82, 2.24) is 9.55 Å². The molecule has 0 N–H and O–H groups in total. The lowest BCUT2D eigenvalue weighted by atomic mass is 10.2. The molecule has 0 bridgehead atoms. The van der Waals surface area contributed by atoms with Crippen molar-refractivity contribution in [3.8, 4) is 17.1 Å². The molecule has 2 aromatic carbocycles. The molecule has 0 fully saturated rings. The lowest BCUT2D eigenvalue weighted by molar-refractivity contribution is 0.988. The van der Waals surface area contributed by atoms with Gasteiger partial charge in [0.15, 0.2) is 0 Å². The highest BCUT2D eigenvalue weighted by molar-refractivity contribution is 6.36. The highest BCUT2D eigenvalue weighted by Gasteiger charge is 2.18. The van der Waals surface area contributed by atoms with Gasteiger partial charge in [0.2, 0.25) is 0 Å². The van der Waals surface area contributed by atoms with Crippen LogP contribution in [0.2, 0.25) is 15.1 Å². The molecule has 23 heavy (non-hydrogen) atoms. The highest BCUT2D eigenvalue weighted by Crippen LogP contribution is 2.33. The Morgan fingerprint density at radius 1 is 0.957 bits per heavy atom. The second-order valence-electron chi connectivity index (χ2n) is 5.26. The molecule has 0 saturated heterocycles. The number of aromatic nitrogens is 2. The van der Waals surface area contributed by atoms with Gasteiger partial charge in [0.05, 0.1) is 10.7 Å². The number of rotatable bonds is 3. The summed E-state index contributed by atoms with van der Waals surface area (Å²) in [7, 11) is 0. The molecule has 0 unspecified atom stereocenters. The Hall–Kier alpha value is -1.48. The zero-order valence-corrected chi connectivity index (χ0v) is 15.0. The molecule has 0 atom stereocenters. The van der Waals surface area contributed by atoms with Gasteiger partial charge in [0, 0.05) is 27.0 Å². The standard InChI is InChI=1S/C18H15Cl3N2/c1-3-17-11(2)23(14-7-4-12(19)5-8-14)18(22-17)15-9-6-13(20)10-16(15)21/h4-10H,3H2,1-2H3. The lowest BCUT2D eigenvalue weighted by Crippen LogP contribution is -2.00. The van der Waals surface area contributed by atoms with E-state index in [1.165, 1.54) is 0 Å². The first-order chi connectivity index (χ1) is 11.0. The molecule has 5 heteroatoms. The van der Waals surface area contributed by atoms with Crippen molar-refractivity contribution in [1.29, 1.82) is 0 Å². The number of hydrogen-bond donors (Lipinski definition) is 0. The van der Waals surface area contributed by atoms with E-state index in [2.05, 4.69) is 18.4 Å². The van der Waals surface area contributed by atoms with E-state index in [0.29, 0.717) is 15.1 Å². The SMILES string of the molecule is CCc1nc(-c2ccc(Cl)cc2Cl)n(-c2ccc(Cl)cc2)c1C. The number of aryl methyl sites for hydroxylation is 1. The third-order valence-electron chi connectivity index (χ3n) is 3.80. The molecule has 118 valence electrons. The monoisotopic (exact) mass is 364 g/mol. The van der Waals surface area contributed by atoms with Gasteiger partial charge < -0.3 is 0 Å². The van der Waals surface area contributed by atoms with Gasteiger partial charge in [-0.1, -0.05) is 41.7 Å². The summed E-state index contributed by atoms with van der Waals surface area (Å²) in [5.74, 6) is 0.809.